The second-order valence-corrected chi connectivity index (χ2v) is 8.37. The van der Waals surface area contributed by atoms with Crippen LogP contribution in [0.3, 0.4) is 0 Å². The van der Waals surface area contributed by atoms with Gasteiger partial charge in [-0.2, -0.15) is 0 Å². The van der Waals surface area contributed by atoms with Crippen molar-refractivity contribution in [3.8, 4) is 11.4 Å². The van der Waals surface area contributed by atoms with E-state index in [1.807, 2.05) is 42.5 Å². The van der Waals surface area contributed by atoms with Gasteiger partial charge in [-0.3, -0.25) is 14.2 Å². The van der Waals surface area contributed by atoms with Crippen LogP contribution in [0.4, 0.5) is 5.69 Å². The molecular weight excluding hydrogens is 478 g/mol. The second kappa shape index (κ2) is 9.36. The fourth-order valence-electron chi connectivity index (χ4n) is 3.07. The number of nitrogens with zero attached hydrogens (tertiary/aromatic N) is 2. The zero-order chi connectivity index (χ0) is 21.8. The molecule has 1 heterocycles. The van der Waals surface area contributed by atoms with Crippen LogP contribution < -0.4 is 15.6 Å². The molecule has 0 atom stereocenters. The number of benzene rings is 3. The number of rotatable bonds is 6. The van der Waals surface area contributed by atoms with Crippen molar-refractivity contribution in [2.75, 3.05) is 18.2 Å². The van der Waals surface area contributed by atoms with Gasteiger partial charge in [-0.15, -0.1) is 0 Å². The first-order valence-electron chi connectivity index (χ1n) is 9.40. The summed E-state index contributed by atoms with van der Waals surface area (Å²) in [5.41, 5.74) is 1.69. The summed E-state index contributed by atoms with van der Waals surface area (Å²) < 4.78 is 7.62. The Morgan fingerprint density at radius 1 is 1.10 bits per heavy atom. The summed E-state index contributed by atoms with van der Waals surface area (Å²) in [6.45, 7) is 0. The van der Waals surface area contributed by atoms with E-state index in [0.717, 1.165) is 4.47 Å². The number of carbonyl (C=O) groups is 1. The summed E-state index contributed by atoms with van der Waals surface area (Å²) in [5, 5.41) is 3.80. The smallest absolute Gasteiger partial charge is 0.266 e. The number of halogens is 1. The number of ether oxygens (including phenoxy) is 1. The molecule has 1 N–H and O–H groups in total. The number of hydrogen-bond donors (Lipinski definition) is 1. The normalized spacial score (nSPS) is 10.8. The number of aromatic nitrogens is 2. The Balaban J connectivity index is 1.70. The minimum atomic E-state index is -0.201. The quantitative estimate of drug-likeness (QED) is 0.304. The Morgan fingerprint density at radius 3 is 2.68 bits per heavy atom. The summed E-state index contributed by atoms with van der Waals surface area (Å²) in [5.74, 6) is 0.521. The summed E-state index contributed by atoms with van der Waals surface area (Å²) in [6.07, 6.45) is 0. The first-order valence-corrected chi connectivity index (χ1v) is 11.2. The van der Waals surface area contributed by atoms with Crippen LogP contribution in [0.2, 0.25) is 0 Å². The highest BCUT2D eigenvalue weighted by molar-refractivity contribution is 9.10. The van der Waals surface area contributed by atoms with Crippen LogP contribution in [0.15, 0.2) is 87.2 Å². The molecule has 1 amide bonds. The van der Waals surface area contributed by atoms with Gasteiger partial charge in [0.1, 0.15) is 5.75 Å². The Morgan fingerprint density at radius 2 is 1.87 bits per heavy atom. The molecule has 1 aromatic heterocycles. The van der Waals surface area contributed by atoms with Crippen molar-refractivity contribution in [3.63, 3.8) is 0 Å². The van der Waals surface area contributed by atoms with Crippen molar-refractivity contribution in [1.82, 2.24) is 9.55 Å². The SMILES string of the molecule is COc1cccc(-n2c(SCC(=O)Nc3ccccc3Br)nc3ccccc3c2=O)c1. The Labute approximate surface area is 191 Å². The summed E-state index contributed by atoms with van der Waals surface area (Å²) in [6, 6.07) is 21.8. The molecule has 0 saturated carbocycles. The summed E-state index contributed by atoms with van der Waals surface area (Å²) >= 11 is 4.62. The van der Waals surface area contributed by atoms with Gasteiger partial charge in [0.25, 0.3) is 5.56 Å². The first-order chi connectivity index (χ1) is 15.1. The largest absolute Gasteiger partial charge is 0.497 e. The molecule has 156 valence electrons. The van der Waals surface area contributed by atoms with Crippen LogP contribution in [0.5, 0.6) is 5.75 Å². The number of methoxy groups -OCH3 is 1. The van der Waals surface area contributed by atoms with Crippen molar-refractivity contribution in [1.29, 1.82) is 0 Å². The lowest BCUT2D eigenvalue weighted by Gasteiger charge is -2.14. The monoisotopic (exact) mass is 495 g/mol. The summed E-state index contributed by atoms with van der Waals surface area (Å²) in [7, 11) is 1.57. The van der Waals surface area contributed by atoms with Gasteiger partial charge in [-0.05, 0) is 52.3 Å². The van der Waals surface area contributed by atoms with E-state index in [2.05, 4.69) is 26.2 Å². The Kier molecular flexibility index (Phi) is 6.39. The molecule has 0 spiro atoms. The third kappa shape index (κ3) is 4.65. The van der Waals surface area contributed by atoms with Crippen molar-refractivity contribution < 1.29 is 9.53 Å². The average Bonchev–Trinajstić information content (AvgIpc) is 2.79. The van der Waals surface area contributed by atoms with E-state index in [-0.39, 0.29) is 17.2 Å². The molecule has 0 saturated heterocycles. The number of anilines is 1. The molecule has 0 bridgehead atoms. The Hall–Kier alpha value is -3.10. The van der Waals surface area contributed by atoms with Crippen molar-refractivity contribution in [2.45, 2.75) is 5.16 Å². The van der Waals surface area contributed by atoms with Crippen LogP contribution in [-0.4, -0.2) is 28.3 Å². The molecule has 4 aromatic rings. The fraction of sp³-hybridized carbons (Fsp3) is 0.0870. The van der Waals surface area contributed by atoms with Crippen molar-refractivity contribution in [2.24, 2.45) is 0 Å². The standard InChI is InChI=1S/C23H18BrN3O3S/c1-30-16-8-6-7-15(13-16)27-22(29)17-9-2-4-11-19(17)26-23(27)31-14-21(28)25-20-12-5-3-10-18(20)24/h2-13H,14H2,1H3,(H,25,28). The van der Waals surface area contributed by atoms with Gasteiger partial charge in [-0.25, -0.2) is 4.98 Å². The third-order valence-corrected chi connectivity index (χ3v) is 6.17. The number of nitrogens with one attached hydrogen (secondary N) is 1. The van der Waals surface area contributed by atoms with Gasteiger partial charge in [-0.1, -0.05) is 42.1 Å². The summed E-state index contributed by atoms with van der Waals surface area (Å²) in [4.78, 5) is 30.5. The van der Waals surface area contributed by atoms with Crippen molar-refractivity contribution in [3.05, 3.63) is 87.6 Å². The van der Waals surface area contributed by atoms with Gasteiger partial charge in [0.05, 0.1) is 35.1 Å². The maximum Gasteiger partial charge on any atom is 0.266 e. The van der Waals surface area contributed by atoms with Gasteiger partial charge >= 0.3 is 0 Å². The van der Waals surface area contributed by atoms with Crippen LogP contribution in [0.25, 0.3) is 16.6 Å². The van der Waals surface area contributed by atoms with E-state index >= 15 is 0 Å². The molecular formula is C23H18BrN3O3S. The van der Waals surface area contributed by atoms with E-state index in [1.54, 1.807) is 37.4 Å². The maximum absolute atomic E-state index is 13.3. The lowest BCUT2D eigenvalue weighted by atomic mass is 10.2. The minimum absolute atomic E-state index is 0.0933. The number of fused-ring (bicyclic) bond motifs is 1. The molecule has 0 radical (unpaired) electrons. The average molecular weight is 496 g/mol. The van der Waals surface area contributed by atoms with Crippen LogP contribution >= 0.6 is 27.7 Å². The number of hydrogen-bond acceptors (Lipinski definition) is 5. The van der Waals surface area contributed by atoms with E-state index in [1.165, 1.54) is 16.3 Å². The van der Waals surface area contributed by atoms with Crippen LogP contribution in [-0.2, 0) is 4.79 Å². The first kappa shape index (κ1) is 21.1. The number of amides is 1. The number of thioether (sulfide) groups is 1. The molecule has 8 heteroatoms. The molecule has 3 aromatic carbocycles. The Bertz CT molecular complexity index is 1320. The highest BCUT2D eigenvalue weighted by atomic mass is 79.9. The zero-order valence-electron chi connectivity index (χ0n) is 16.5. The number of para-hydroxylation sites is 2. The topological polar surface area (TPSA) is 73.2 Å². The molecule has 0 aliphatic rings. The van der Waals surface area contributed by atoms with Crippen molar-refractivity contribution >= 4 is 50.2 Å². The van der Waals surface area contributed by atoms with Crippen LogP contribution in [0, 0.1) is 0 Å². The van der Waals surface area contributed by atoms with Gasteiger partial charge < -0.3 is 10.1 Å². The van der Waals surface area contributed by atoms with Gasteiger partial charge in [0.15, 0.2) is 5.16 Å². The molecule has 6 nitrogen and oxygen atoms in total. The van der Waals surface area contributed by atoms with E-state index in [0.29, 0.717) is 33.2 Å². The maximum atomic E-state index is 13.3. The molecule has 0 fully saturated rings. The molecule has 0 aliphatic carbocycles. The molecule has 4 rings (SSSR count). The number of carbonyl (C=O) groups excluding carboxylic acids is 1. The lowest BCUT2D eigenvalue weighted by molar-refractivity contribution is -0.113. The predicted molar refractivity (Wildman–Crippen MR) is 127 cm³/mol. The minimum Gasteiger partial charge on any atom is -0.497 e. The fourth-order valence-corrected chi connectivity index (χ4v) is 4.26. The van der Waals surface area contributed by atoms with E-state index in [9.17, 15) is 9.59 Å². The van der Waals surface area contributed by atoms with Gasteiger partial charge in [0.2, 0.25) is 5.91 Å². The van der Waals surface area contributed by atoms with E-state index in [4.69, 9.17) is 4.74 Å². The predicted octanol–water partition coefficient (Wildman–Crippen LogP) is 4.89. The zero-order valence-corrected chi connectivity index (χ0v) is 18.9. The highest BCUT2D eigenvalue weighted by Gasteiger charge is 2.15. The molecule has 0 unspecified atom stereocenters. The van der Waals surface area contributed by atoms with E-state index < -0.39 is 0 Å². The lowest BCUT2D eigenvalue weighted by Crippen LogP contribution is -2.23. The second-order valence-electron chi connectivity index (χ2n) is 6.57. The molecule has 0 aliphatic heterocycles. The van der Waals surface area contributed by atoms with Gasteiger partial charge in [0, 0.05) is 10.5 Å². The highest BCUT2D eigenvalue weighted by Crippen LogP contribution is 2.25. The third-order valence-electron chi connectivity index (χ3n) is 4.54. The van der Waals surface area contributed by atoms with Crippen LogP contribution in [0.1, 0.15) is 0 Å². The molecule has 31 heavy (non-hydrogen) atoms.